The van der Waals surface area contributed by atoms with Gasteiger partial charge in [-0.2, -0.15) is 0 Å². The van der Waals surface area contributed by atoms with Gasteiger partial charge in [-0.25, -0.2) is 33.1 Å². The highest BCUT2D eigenvalue weighted by Crippen LogP contribution is 2.25. The molecule has 0 amide bonds. The first-order valence-electron chi connectivity index (χ1n) is 7.25. The molecule has 3 rings (SSSR count). The van der Waals surface area contributed by atoms with Crippen LogP contribution in [0.5, 0.6) is 0 Å². The summed E-state index contributed by atoms with van der Waals surface area (Å²) in [6, 6.07) is 1.31. The van der Waals surface area contributed by atoms with Crippen molar-refractivity contribution < 1.29 is 13.2 Å². The Kier molecular flexibility index (Phi) is 5.03. The molecule has 1 fully saturated rings. The predicted molar refractivity (Wildman–Crippen MR) is 85.2 cm³/mol. The van der Waals surface area contributed by atoms with Gasteiger partial charge in [0.15, 0.2) is 16.8 Å². The molecular weight excluding hydrogens is 341 g/mol. The fourth-order valence-electron chi connectivity index (χ4n) is 2.48. The fourth-order valence-corrected chi connectivity index (χ4v) is 2.86. The third-order valence-electron chi connectivity index (χ3n) is 3.67. The van der Waals surface area contributed by atoms with E-state index in [4.69, 9.17) is 0 Å². The summed E-state index contributed by atoms with van der Waals surface area (Å²) in [6.45, 7) is 2.07. The summed E-state index contributed by atoms with van der Waals surface area (Å²) in [5.74, 6) is 0.246. The molecule has 0 unspecified atom stereocenters. The van der Waals surface area contributed by atoms with Crippen molar-refractivity contribution >= 4 is 23.4 Å². The van der Waals surface area contributed by atoms with E-state index < -0.39 is 12.2 Å². The molecule has 3 heterocycles. The highest BCUT2D eigenvalue weighted by Gasteiger charge is 2.23. The zero-order chi connectivity index (χ0) is 17.1. The van der Waals surface area contributed by atoms with Crippen molar-refractivity contribution in [2.75, 3.05) is 42.2 Å². The number of alkyl halides is 2. The first-order valence-corrected chi connectivity index (χ1v) is 8.47. The molecular formula is C14H15F3N6S. The smallest absolute Gasteiger partial charge is 0.280 e. The van der Waals surface area contributed by atoms with Crippen LogP contribution in [0.2, 0.25) is 0 Å². The normalized spacial score (nSPS) is 15.2. The van der Waals surface area contributed by atoms with Gasteiger partial charge in [-0.1, -0.05) is 11.8 Å². The van der Waals surface area contributed by atoms with Crippen molar-refractivity contribution in [1.82, 2.24) is 19.9 Å². The molecule has 1 saturated heterocycles. The van der Waals surface area contributed by atoms with Gasteiger partial charge in [0.1, 0.15) is 17.8 Å². The maximum atomic E-state index is 13.7. The van der Waals surface area contributed by atoms with Crippen molar-refractivity contribution in [3.05, 3.63) is 30.1 Å². The molecule has 128 valence electrons. The molecule has 1 aliphatic heterocycles. The molecule has 0 spiro atoms. The number of rotatable bonds is 4. The lowest BCUT2D eigenvalue weighted by atomic mass is 10.3. The van der Waals surface area contributed by atoms with Crippen LogP contribution in [-0.2, 0) is 0 Å². The molecule has 0 bridgehead atoms. The van der Waals surface area contributed by atoms with Gasteiger partial charge < -0.3 is 9.80 Å². The van der Waals surface area contributed by atoms with Crippen molar-refractivity contribution in [2.45, 2.75) is 11.6 Å². The average molecular weight is 356 g/mol. The van der Waals surface area contributed by atoms with Gasteiger partial charge in [0.25, 0.3) is 6.43 Å². The van der Waals surface area contributed by atoms with Crippen molar-refractivity contribution in [3.8, 4) is 0 Å². The molecule has 10 heteroatoms. The lowest BCUT2D eigenvalue weighted by Crippen LogP contribution is -2.47. The molecule has 0 atom stereocenters. The molecule has 24 heavy (non-hydrogen) atoms. The van der Waals surface area contributed by atoms with Crippen LogP contribution in [0.3, 0.4) is 0 Å². The molecule has 6 nitrogen and oxygen atoms in total. The molecule has 0 N–H and O–H groups in total. The first-order chi connectivity index (χ1) is 11.6. The van der Waals surface area contributed by atoms with Crippen LogP contribution in [-0.4, -0.2) is 52.4 Å². The quantitative estimate of drug-likeness (QED) is 0.616. The summed E-state index contributed by atoms with van der Waals surface area (Å²) in [5.41, 5.74) is -0.284. The van der Waals surface area contributed by atoms with E-state index in [1.807, 2.05) is 4.90 Å². The second-order valence-electron chi connectivity index (χ2n) is 5.11. The number of hydrogen-bond donors (Lipinski definition) is 0. The summed E-state index contributed by atoms with van der Waals surface area (Å²) in [4.78, 5) is 19.4. The molecule has 1 aliphatic rings. The summed E-state index contributed by atoms with van der Waals surface area (Å²) >= 11 is 1.22. The minimum Gasteiger partial charge on any atom is -0.353 e. The second kappa shape index (κ2) is 7.20. The van der Waals surface area contributed by atoms with Crippen LogP contribution in [0.15, 0.2) is 23.7 Å². The van der Waals surface area contributed by atoms with E-state index in [-0.39, 0.29) is 11.5 Å². The lowest BCUT2D eigenvalue weighted by molar-refractivity contribution is 0.145. The molecule has 0 aromatic carbocycles. The van der Waals surface area contributed by atoms with Crippen molar-refractivity contribution in [2.24, 2.45) is 0 Å². The van der Waals surface area contributed by atoms with E-state index in [1.54, 1.807) is 11.2 Å². The Balaban J connectivity index is 1.75. The highest BCUT2D eigenvalue weighted by atomic mass is 32.2. The zero-order valence-corrected chi connectivity index (χ0v) is 13.7. The first kappa shape index (κ1) is 16.7. The molecule has 0 aliphatic carbocycles. The van der Waals surface area contributed by atoms with Crippen LogP contribution in [0.25, 0.3) is 0 Å². The Morgan fingerprint density at radius 3 is 2.46 bits per heavy atom. The maximum Gasteiger partial charge on any atom is 0.280 e. The number of nitrogens with zero attached hydrogens (tertiary/aromatic N) is 6. The highest BCUT2D eigenvalue weighted by molar-refractivity contribution is 7.98. The summed E-state index contributed by atoms with van der Waals surface area (Å²) in [5, 5.41) is 0.312. The van der Waals surface area contributed by atoms with E-state index in [0.717, 1.165) is 6.20 Å². The Morgan fingerprint density at radius 2 is 1.83 bits per heavy atom. The largest absolute Gasteiger partial charge is 0.353 e. The van der Waals surface area contributed by atoms with Crippen molar-refractivity contribution in [3.63, 3.8) is 0 Å². The van der Waals surface area contributed by atoms with Crippen LogP contribution < -0.4 is 9.80 Å². The zero-order valence-electron chi connectivity index (χ0n) is 12.9. The number of thioether (sulfide) groups is 1. The Labute approximate surface area is 141 Å². The summed E-state index contributed by atoms with van der Waals surface area (Å²) in [6.07, 6.45) is 1.52. The van der Waals surface area contributed by atoms with Crippen LogP contribution in [0.1, 0.15) is 12.1 Å². The van der Waals surface area contributed by atoms with Gasteiger partial charge in [0.2, 0.25) is 0 Å². The van der Waals surface area contributed by atoms with E-state index in [0.29, 0.717) is 37.2 Å². The standard InChI is InChI=1S/C14H15F3N6S/c1-24-14-20-10(12(16)17)6-11(21-14)22-2-4-23(5-3-22)13-9(15)7-18-8-19-13/h6-8,12H,2-5H2,1H3. The van der Waals surface area contributed by atoms with Crippen LogP contribution in [0, 0.1) is 5.82 Å². The predicted octanol–water partition coefficient (Wildman–Crippen LogP) is 2.39. The van der Waals surface area contributed by atoms with E-state index in [1.165, 1.54) is 24.2 Å². The second-order valence-corrected chi connectivity index (χ2v) is 5.88. The van der Waals surface area contributed by atoms with E-state index in [9.17, 15) is 13.2 Å². The number of hydrogen-bond acceptors (Lipinski definition) is 7. The van der Waals surface area contributed by atoms with Crippen LogP contribution >= 0.6 is 11.8 Å². The molecule has 0 saturated carbocycles. The van der Waals surface area contributed by atoms with Gasteiger partial charge >= 0.3 is 0 Å². The third-order valence-corrected chi connectivity index (χ3v) is 4.22. The van der Waals surface area contributed by atoms with Gasteiger partial charge in [-0.05, 0) is 6.26 Å². The molecule has 2 aromatic heterocycles. The van der Waals surface area contributed by atoms with Gasteiger partial charge in [-0.15, -0.1) is 0 Å². The van der Waals surface area contributed by atoms with Crippen molar-refractivity contribution in [1.29, 1.82) is 0 Å². The minimum atomic E-state index is -2.64. The molecule has 2 aromatic rings. The topological polar surface area (TPSA) is 58.0 Å². The van der Waals surface area contributed by atoms with Gasteiger partial charge in [0, 0.05) is 32.2 Å². The number of anilines is 2. The minimum absolute atomic E-state index is 0.255. The Bertz CT molecular complexity index is 709. The number of halogens is 3. The maximum absolute atomic E-state index is 13.7. The van der Waals surface area contributed by atoms with Gasteiger partial charge in [-0.3, -0.25) is 0 Å². The van der Waals surface area contributed by atoms with Crippen LogP contribution in [0.4, 0.5) is 24.8 Å². The fraction of sp³-hybridized carbons (Fsp3) is 0.429. The Hall–Kier alpha value is -2.10. The average Bonchev–Trinajstić information content (AvgIpc) is 2.62. The monoisotopic (exact) mass is 356 g/mol. The molecule has 0 radical (unpaired) electrons. The number of piperazine rings is 1. The van der Waals surface area contributed by atoms with E-state index >= 15 is 0 Å². The van der Waals surface area contributed by atoms with Gasteiger partial charge in [0.05, 0.1) is 6.20 Å². The summed E-state index contributed by atoms with van der Waals surface area (Å²) in [7, 11) is 0. The third kappa shape index (κ3) is 3.53. The lowest BCUT2D eigenvalue weighted by Gasteiger charge is -2.36. The number of aromatic nitrogens is 4. The van der Waals surface area contributed by atoms with E-state index in [2.05, 4.69) is 19.9 Å². The SMILES string of the molecule is CSc1nc(C(F)F)cc(N2CCN(c3ncncc3F)CC2)n1. The Morgan fingerprint density at radius 1 is 1.12 bits per heavy atom. The summed E-state index contributed by atoms with van der Waals surface area (Å²) < 4.78 is 39.7.